The van der Waals surface area contributed by atoms with Crippen LogP contribution in [0.25, 0.3) is 0 Å². The number of rotatable bonds is 8. The fourth-order valence-electron chi connectivity index (χ4n) is 9.13. The third-order valence-corrected chi connectivity index (χ3v) is 11.3. The van der Waals surface area contributed by atoms with Gasteiger partial charge in [0.1, 0.15) is 0 Å². The fourth-order valence-corrected chi connectivity index (χ4v) is 9.13. The average Bonchev–Trinajstić information content (AvgIpc) is 3.04. The first-order valence-electron chi connectivity index (χ1n) is 13.9. The van der Waals surface area contributed by atoms with Crippen molar-refractivity contribution in [1.29, 1.82) is 0 Å². The first-order valence-corrected chi connectivity index (χ1v) is 13.9. The number of hydrogen-bond acceptors (Lipinski definition) is 5. The zero-order valence-corrected chi connectivity index (χ0v) is 22.4. The normalized spacial score (nSPS) is 46.2. The molecule has 0 heterocycles. The van der Waals surface area contributed by atoms with Crippen molar-refractivity contribution in [2.75, 3.05) is 34.3 Å². The second kappa shape index (κ2) is 9.69. The minimum atomic E-state index is -0.550. The Morgan fingerprint density at radius 2 is 1.70 bits per heavy atom. The lowest BCUT2D eigenvalue weighted by Gasteiger charge is -2.64. The molecule has 4 saturated carbocycles. The van der Waals surface area contributed by atoms with E-state index in [2.05, 4.69) is 51.9 Å². The Labute approximate surface area is 203 Å². The summed E-state index contributed by atoms with van der Waals surface area (Å²) in [4.78, 5) is 8.40. The van der Waals surface area contributed by atoms with Gasteiger partial charge in [-0.2, -0.15) is 5.06 Å². The third-order valence-electron chi connectivity index (χ3n) is 11.3. The van der Waals surface area contributed by atoms with Gasteiger partial charge < -0.3 is 15.1 Å². The molecule has 0 aromatic rings. The summed E-state index contributed by atoms with van der Waals surface area (Å²) in [5, 5.41) is 24.8. The van der Waals surface area contributed by atoms with E-state index in [-0.39, 0.29) is 11.5 Å². The van der Waals surface area contributed by atoms with Crippen molar-refractivity contribution >= 4 is 0 Å². The molecule has 192 valence electrons. The van der Waals surface area contributed by atoms with Crippen molar-refractivity contribution in [1.82, 2.24) is 9.96 Å². The summed E-state index contributed by atoms with van der Waals surface area (Å²) in [6, 6.07) is 0.311. The second-order valence-corrected chi connectivity index (χ2v) is 13.1. The first kappa shape index (κ1) is 25.9. The van der Waals surface area contributed by atoms with Crippen molar-refractivity contribution in [3.8, 4) is 0 Å². The van der Waals surface area contributed by atoms with Crippen LogP contribution in [0.1, 0.15) is 91.4 Å². The summed E-state index contributed by atoms with van der Waals surface area (Å²) >= 11 is 0. The number of aliphatic hydroxyl groups is 2. The average molecular weight is 465 g/mol. The minimum absolute atomic E-state index is 0.0342. The van der Waals surface area contributed by atoms with E-state index in [1.54, 1.807) is 0 Å². The standard InChI is InChI=1S/C28H52N2O3/c1-20(30(6)33-18-8-7-17-29(4)5)23-13-16-28(32)25-10-9-21-19-22(31)11-14-26(21,2)24(25)12-15-27(23,28)3/h20-25,31-32H,7-19H2,1-6H3/t20?,21?,22?,23-,24+,25-,26+,27-,28-/m1/s1. The Morgan fingerprint density at radius 1 is 0.939 bits per heavy atom. The maximum Gasteiger partial charge on any atom is 0.0735 e. The number of hydrogen-bond donors (Lipinski definition) is 2. The first-order chi connectivity index (χ1) is 15.5. The van der Waals surface area contributed by atoms with E-state index in [0.29, 0.717) is 35.1 Å². The van der Waals surface area contributed by atoms with Crippen LogP contribution >= 0.6 is 0 Å². The lowest BCUT2D eigenvalue weighted by Crippen LogP contribution is -2.63. The highest BCUT2D eigenvalue weighted by atomic mass is 16.7. The molecule has 4 fully saturated rings. The lowest BCUT2D eigenvalue weighted by molar-refractivity contribution is -0.228. The second-order valence-electron chi connectivity index (χ2n) is 13.1. The maximum absolute atomic E-state index is 12.4. The largest absolute Gasteiger partial charge is 0.393 e. The van der Waals surface area contributed by atoms with Crippen molar-refractivity contribution in [3.05, 3.63) is 0 Å². The quantitative estimate of drug-likeness (QED) is 0.402. The molecule has 0 aliphatic heterocycles. The van der Waals surface area contributed by atoms with Gasteiger partial charge in [-0.15, -0.1) is 0 Å². The van der Waals surface area contributed by atoms with E-state index in [0.717, 1.165) is 70.9 Å². The topological polar surface area (TPSA) is 56.2 Å². The monoisotopic (exact) mass is 464 g/mol. The van der Waals surface area contributed by atoms with Crippen molar-refractivity contribution in [3.63, 3.8) is 0 Å². The van der Waals surface area contributed by atoms with Crippen LogP contribution in [0.15, 0.2) is 0 Å². The lowest BCUT2D eigenvalue weighted by atomic mass is 9.43. The molecule has 4 aliphatic carbocycles. The summed E-state index contributed by atoms with van der Waals surface area (Å²) in [5.74, 6) is 2.14. The van der Waals surface area contributed by atoms with Gasteiger partial charge in [0.2, 0.25) is 0 Å². The summed E-state index contributed by atoms with van der Waals surface area (Å²) in [6.07, 6.45) is 11.9. The van der Waals surface area contributed by atoms with Crippen molar-refractivity contribution in [2.45, 2.75) is 109 Å². The molecule has 33 heavy (non-hydrogen) atoms. The van der Waals surface area contributed by atoms with Gasteiger partial charge in [0.25, 0.3) is 0 Å². The van der Waals surface area contributed by atoms with E-state index < -0.39 is 5.60 Å². The Balaban J connectivity index is 1.42. The summed E-state index contributed by atoms with van der Waals surface area (Å²) in [7, 11) is 6.34. The Bertz CT molecular complexity index is 674. The van der Waals surface area contributed by atoms with Gasteiger partial charge in [0.15, 0.2) is 0 Å². The molecule has 0 aromatic carbocycles. The molecular formula is C28H52N2O3. The molecule has 0 bridgehead atoms. The van der Waals surface area contributed by atoms with E-state index >= 15 is 0 Å². The highest BCUT2D eigenvalue weighted by molar-refractivity contribution is 5.17. The molecule has 9 atom stereocenters. The molecule has 2 N–H and O–H groups in total. The molecule has 4 aliphatic rings. The van der Waals surface area contributed by atoms with Gasteiger partial charge in [-0.05, 0) is 127 Å². The molecule has 5 nitrogen and oxygen atoms in total. The smallest absolute Gasteiger partial charge is 0.0735 e. The highest BCUT2D eigenvalue weighted by Gasteiger charge is 2.67. The van der Waals surface area contributed by atoms with Crippen LogP contribution in [0.2, 0.25) is 0 Å². The molecule has 3 unspecified atom stereocenters. The predicted octanol–water partition coefficient (Wildman–Crippen LogP) is 4.71. The molecule has 0 amide bonds. The number of hydroxylamine groups is 2. The van der Waals surface area contributed by atoms with E-state index in [1.165, 1.54) is 12.8 Å². The molecular weight excluding hydrogens is 412 g/mol. The zero-order valence-electron chi connectivity index (χ0n) is 22.4. The van der Waals surface area contributed by atoms with Gasteiger partial charge in [-0.1, -0.05) is 13.8 Å². The number of unbranched alkanes of at least 4 members (excludes halogenated alkanes) is 1. The number of aliphatic hydroxyl groups excluding tert-OH is 1. The number of fused-ring (bicyclic) bond motifs is 5. The molecule has 0 aromatic heterocycles. The van der Waals surface area contributed by atoms with Crippen LogP contribution in [0.3, 0.4) is 0 Å². The van der Waals surface area contributed by atoms with Gasteiger partial charge in [-0.3, -0.25) is 4.84 Å². The molecule has 5 heteroatoms. The SMILES string of the molecule is CC([C@H]1CC[C@@]2(O)[C@@H]3CCC4CC(O)CC[C@]4(C)[C@H]3CC[C@]12C)N(C)OCCCCN(C)C. The molecule has 0 saturated heterocycles. The fraction of sp³-hybridized carbons (Fsp3) is 1.00. The van der Waals surface area contributed by atoms with Crippen molar-refractivity contribution < 1.29 is 15.1 Å². The van der Waals surface area contributed by atoms with Crippen LogP contribution in [0.4, 0.5) is 0 Å². The van der Waals surface area contributed by atoms with Crippen LogP contribution in [-0.4, -0.2) is 72.2 Å². The number of nitrogens with zero attached hydrogens (tertiary/aromatic N) is 2. The van der Waals surface area contributed by atoms with Crippen LogP contribution in [-0.2, 0) is 4.84 Å². The Kier molecular flexibility index (Phi) is 7.60. The van der Waals surface area contributed by atoms with Crippen molar-refractivity contribution in [2.24, 2.45) is 34.5 Å². The highest BCUT2D eigenvalue weighted by Crippen LogP contribution is 2.69. The van der Waals surface area contributed by atoms with Crippen LogP contribution in [0.5, 0.6) is 0 Å². The Hall–Kier alpha value is -0.200. The van der Waals surface area contributed by atoms with Gasteiger partial charge in [0.05, 0.1) is 18.3 Å². The summed E-state index contributed by atoms with van der Waals surface area (Å²) in [6.45, 7) is 9.10. The third kappa shape index (κ3) is 4.43. The Morgan fingerprint density at radius 3 is 2.42 bits per heavy atom. The maximum atomic E-state index is 12.4. The molecule has 0 spiro atoms. The zero-order chi connectivity index (χ0) is 24.0. The summed E-state index contributed by atoms with van der Waals surface area (Å²) in [5.41, 5.74) is -0.283. The van der Waals surface area contributed by atoms with Gasteiger partial charge >= 0.3 is 0 Å². The van der Waals surface area contributed by atoms with Crippen LogP contribution in [0, 0.1) is 34.5 Å². The van der Waals surface area contributed by atoms with Gasteiger partial charge in [-0.25, -0.2) is 0 Å². The molecule has 0 radical (unpaired) electrons. The van der Waals surface area contributed by atoms with E-state index in [4.69, 9.17) is 4.84 Å². The van der Waals surface area contributed by atoms with Crippen LogP contribution < -0.4 is 0 Å². The predicted molar refractivity (Wildman–Crippen MR) is 134 cm³/mol. The van der Waals surface area contributed by atoms with E-state index in [9.17, 15) is 10.2 Å². The summed E-state index contributed by atoms with van der Waals surface area (Å²) < 4.78 is 0. The minimum Gasteiger partial charge on any atom is -0.393 e. The molecule has 4 rings (SSSR count). The van der Waals surface area contributed by atoms with E-state index in [1.807, 2.05) is 0 Å². The van der Waals surface area contributed by atoms with Gasteiger partial charge in [0, 0.05) is 18.5 Å².